The maximum atomic E-state index is 12.2. The number of allylic oxidation sites excluding steroid dienone is 2. The second kappa shape index (κ2) is 5.34. The van der Waals surface area contributed by atoms with Gasteiger partial charge in [-0.1, -0.05) is 39.3 Å². The highest BCUT2D eigenvalue weighted by Gasteiger charge is 2.69. The Labute approximate surface area is 140 Å². The monoisotopic (exact) mass is 320 g/mol. The van der Waals surface area contributed by atoms with E-state index in [4.69, 9.17) is 9.47 Å². The van der Waals surface area contributed by atoms with Gasteiger partial charge in [0.15, 0.2) is 0 Å². The largest absolute Gasteiger partial charge is 0.466 e. The summed E-state index contributed by atoms with van der Waals surface area (Å²) in [7, 11) is 0. The first kappa shape index (κ1) is 17.0. The molecule has 3 heteroatoms. The average molecular weight is 320 g/mol. The van der Waals surface area contributed by atoms with Crippen molar-refractivity contribution in [2.45, 2.75) is 78.9 Å². The number of hydrogen-bond donors (Lipinski definition) is 0. The van der Waals surface area contributed by atoms with E-state index in [0.717, 1.165) is 19.3 Å². The van der Waals surface area contributed by atoms with Crippen molar-refractivity contribution in [2.75, 3.05) is 6.61 Å². The first-order chi connectivity index (χ1) is 10.6. The highest BCUT2D eigenvalue weighted by molar-refractivity contribution is 5.70. The lowest BCUT2D eigenvalue weighted by Crippen LogP contribution is -2.33. The molecule has 0 aromatic heterocycles. The van der Waals surface area contributed by atoms with Gasteiger partial charge in [-0.05, 0) is 55.8 Å². The van der Waals surface area contributed by atoms with E-state index in [2.05, 4.69) is 47.6 Å². The van der Waals surface area contributed by atoms with E-state index in [9.17, 15) is 4.79 Å². The Bertz CT molecular complexity index is 531. The molecule has 3 aliphatic rings. The number of epoxide rings is 1. The van der Waals surface area contributed by atoms with E-state index in [-0.39, 0.29) is 22.4 Å². The van der Waals surface area contributed by atoms with Gasteiger partial charge in [0.2, 0.25) is 0 Å². The minimum Gasteiger partial charge on any atom is -0.466 e. The molecule has 130 valence electrons. The van der Waals surface area contributed by atoms with Crippen LogP contribution in [-0.4, -0.2) is 24.3 Å². The summed E-state index contributed by atoms with van der Waals surface area (Å²) in [4.78, 5) is 12.2. The molecule has 0 spiro atoms. The summed E-state index contributed by atoms with van der Waals surface area (Å²) in [5.41, 5.74) is 1.76. The summed E-state index contributed by atoms with van der Waals surface area (Å²) >= 11 is 0. The van der Waals surface area contributed by atoms with Gasteiger partial charge in [0, 0.05) is 6.42 Å². The average Bonchev–Trinajstić information content (AvgIpc) is 3.00. The zero-order valence-corrected chi connectivity index (χ0v) is 15.6. The summed E-state index contributed by atoms with van der Waals surface area (Å²) in [6.45, 7) is 14.0. The first-order valence-corrected chi connectivity index (χ1v) is 9.09. The lowest BCUT2D eigenvalue weighted by molar-refractivity contribution is -0.146. The topological polar surface area (TPSA) is 38.8 Å². The van der Waals surface area contributed by atoms with Gasteiger partial charge < -0.3 is 9.47 Å². The van der Waals surface area contributed by atoms with Crippen molar-refractivity contribution < 1.29 is 14.3 Å². The second-order valence-electron chi connectivity index (χ2n) is 9.12. The number of esters is 1. The predicted octanol–water partition coefficient (Wildman–Crippen LogP) is 4.51. The van der Waals surface area contributed by atoms with Crippen molar-refractivity contribution in [3.8, 4) is 0 Å². The number of fused-ring (bicyclic) bond motifs is 1. The fourth-order valence-corrected chi connectivity index (χ4v) is 4.65. The molecule has 1 aliphatic heterocycles. The Hall–Kier alpha value is -0.830. The molecule has 0 radical (unpaired) electrons. The molecule has 1 heterocycles. The Morgan fingerprint density at radius 2 is 1.96 bits per heavy atom. The molecular formula is C20H32O3. The third-order valence-corrected chi connectivity index (χ3v) is 7.63. The van der Waals surface area contributed by atoms with Gasteiger partial charge in [0.05, 0.1) is 18.3 Å². The third-order valence-electron chi connectivity index (χ3n) is 7.63. The molecule has 0 aromatic rings. The Morgan fingerprint density at radius 1 is 1.26 bits per heavy atom. The Balaban J connectivity index is 1.43. The lowest BCUT2D eigenvalue weighted by atomic mass is 9.74. The molecule has 1 saturated carbocycles. The summed E-state index contributed by atoms with van der Waals surface area (Å²) in [6, 6.07) is 0. The summed E-state index contributed by atoms with van der Waals surface area (Å²) in [6.07, 6.45) is 6.30. The molecule has 0 amide bonds. The van der Waals surface area contributed by atoms with Crippen LogP contribution in [0, 0.1) is 22.7 Å². The number of carbonyl (C=O) groups is 1. The maximum absolute atomic E-state index is 12.2. The van der Waals surface area contributed by atoms with Crippen molar-refractivity contribution >= 4 is 5.97 Å². The highest BCUT2D eigenvalue weighted by atomic mass is 16.6. The molecule has 3 rings (SSSR count). The zero-order chi connectivity index (χ0) is 17.0. The molecule has 4 unspecified atom stereocenters. The van der Waals surface area contributed by atoms with Crippen LogP contribution in [0.2, 0.25) is 0 Å². The minimum absolute atomic E-state index is 0.0328. The number of rotatable bonds is 5. The smallest absolute Gasteiger partial charge is 0.306 e. The van der Waals surface area contributed by atoms with Crippen molar-refractivity contribution in [3.05, 3.63) is 11.6 Å². The third kappa shape index (κ3) is 2.65. The fourth-order valence-electron chi connectivity index (χ4n) is 4.65. The molecule has 0 N–H and O–H groups in total. The van der Waals surface area contributed by atoms with Gasteiger partial charge in [0.1, 0.15) is 0 Å². The van der Waals surface area contributed by atoms with E-state index in [0.29, 0.717) is 31.0 Å². The van der Waals surface area contributed by atoms with E-state index >= 15 is 0 Å². The van der Waals surface area contributed by atoms with Crippen LogP contribution in [0.25, 0.3) is 0 Å². The highest BCUT2D eigenvalue weighted by Crippen LogP contribution is 2.63. The van der Waals surface area contributed by atoms with Crippen LogP contribution in [0.4, 0.5) is 0 Å². The van der Waals surface area contributed by atoms with Crippen molar-refractivity contribution in [3.63, 3.8) is 0 Å². The van der Waals surface area contributed by atoms with E-state index < -0.39 is 0 Å². The van der Waals surface area contributed by atoms with Crippen LogP contribution >= 0.6 is 0 Å². The van der Waals surface area contributed by atoms with Crippen LogP contribution in [0.5, 0.6) is 0 Å². The molecule has 1 saturated heterocycles. The maximum Gasteiger partial charge on any atom is 0.306 e. The molecule has 2 fully saturated rings. The molecule has 0 aromatic carbocycles. The fraction of sp³-hybridized carbons (Fsp3) is 0.850. The van der Waals surface area contributed by atoms with Crippen molar-refractivity contribution in [2.24, 2.45) is 22.7 Å². The number of carbonyl (C=O) groups excluding carboxylic acids is 1. The standard InChI is InChI=1S/C20H32O3/c1-13-7-8-14(18(13,2)3)12-17(21)22-10-9-15-11-16-20(6,23-16)19(15,4)5/h7,14-16H,8-12H2,1-6H3. The number of hydrogen-bond acceptors (Lipinski definition) is 3. The van der Waals surface area contributed by atoms with Gasteiger partial charge in [-0.25, -0.2) is 0 Å². The summed E-state index contributed by atoms with van der Waals surface area (Å²) < 4.78 is 11.4. The van der Waals surface area contributed by atoms with Crippen molar-refractivity contribution in [1.82, 2.24) is 0 Å². The van der Waals surface area contributed by atoms with Crippen LogP contribution in [0.15, 0.2) is 11.6 Å². The first-order valence-electron chi connectivity index (χ1n) is 9.09. The van der Waals surface area contributed by atoms with E-state index in [1.807, 2.05) is 0 Å². The molecule has 4 atom stereocenters. The molecule has 3 nitrogen and oxygen atoms in total. The van der Waals surface area contributed by atoms with Crippen LogP contribution in [-0.2, 0) is 14.3 Å². The van der Waals surface area contributed by atoms with Gasteiger partial charge in [-0.3, -0.25) is 4.79 Å². The zero-order valence-electron chi connectivity index (χ0n) is 15.6. The molecule has 23 heavy (non-hydrogen) atoms. The quantitative estimate of drug-likeness (QED) is 0.425. The second-order valence-corrected chi connectivity index (χ2v) is 9.12. The van der Waals surface area contributed by atoms with E-state index in [1.165, 1.54) is 5.57 Å². The van der Waals surface area contributed by atoms with Crippen LogP contribution in [0.1, 0.15) is 67.2 Å². The predicted molar refractivity (Wildman–Crippen MR) is 91.0 cm³/mol. The summed E-state index contributed by atoms with van der Waals surface area (Å²) in [5.74, 6) is 0.943. The van der Waals surface area contributed by atoms with Gasteiger partial charge in [-0.15, -0.1) is 0 Å². The van der Waals surface area contributed by atoms with Crippen molar-refractivity contribution in [1.29, 1.82) is 0 Å². The van der Waals surface area contributed by atoms with Crippen LogP contribution < -0.4 is 0 Å². The van der Waals surface area contributed by atoms with Gasteiger partial charge in [0.25, 0.3) is 0 Å². The molecule has 2 aliphatic carbocycles. The number of ether oxygens (including phenoxy) is 2. The molecule has 0 bridgehead atoms. The normalized spacial score (nSPS) is 39.7. The summed E-state index contributed by atoms with van der Waals surface area (Å²) in [5, 5.41) is 0. The van der Waals surface area contributed by atoms with Gasteiger partial charge >= 0.3 is 5.97 Å². The minimum atomic E-state index is -0.0328. The SMILES string of the molecule is CC1=CCC(CC(=O)OCCC2CC3OC3(C)C2(C)C)C1(C)C. The molecular weight excluding hydrogens is 288 g/mol. The lowest BCUT2D eigenvalue weighted by Gasteiger charge is -2.33. The van der Waals surface area contributed by atoms with Crippen LogP contribution in [0.3, 0.4) is 0 Å². The van der Waals surface area contributed by atoms with Gasteiger partial charge in [-0.2, -0.15) is 0 Å². The Morgan fingerprint density at radius 3 is 2.48 bits per heavy atom. The van der Waals surface area contributed by atoms with E-state index in [1.54, 1.807) is 0 Å². The Kier molecular flexibility index (Phi) is 3.95.